The molecule has 1 aliphatic rings. The van der Waals surface area contributed by atoms with E-state index in [9.17, 15) is 4.79 Å². The lowest BCUT2D eigenvalue weighted by Gasteiger charge is -2.20. The molecule has 3 aromatic carbocycles. The van der Waals surface area contributed by atoms with Gasteiger partial charge in [0, 0.05) is 11.3 Å². The Kier molecular flexibility index (Phi) is 3.08. The van der Waals surface area contributed by atoms with Gasteiger partial charge in [0.2, 0.25) is 0 Å². The molecule has 4 rings (SSSR count). The second kappa shape index (κ2) is 5.13. The summed E-state index contributed by atoms with van der Waals surface area (Å²) in [6, 6.07) is 21.7. The van der Waals surface area contributed by atoms with Gasteiger partial charge in [-0.3, -0.25) is 4.79 Å². The van der Waals surface area contributed by atoms with E-state index in [1.807, 2.05) is 18.2 Å². The summed E-state index contributed by atoms with van der Waals surface area (Å²) in [6.45, 7) is 0. The summed E-state index contributed by atoms with van der Waals surface area (Å²) in [7, 11) is 0. The van der Waals surface area contributed by atoms with Crippen LogP contribution in [0.3, 0.4) is 0 Å². The lowest BCUT2D eigenvalue weighted by Crippen LogP contribution is -2.35. The van der Waals surface area contributed by atoms with Gasteiger partial charge in [-0.15, -0.1) is 0 Å². The van der Waals surface area contributed by atoms with Gasteiger partial charge < -0.3 is 11.1 Å². The highest BCUT2D eigenvalue weighted by Gasteiger charge is 2.46. The van der Waals surface area contributed by atoms with Crippen LogP contribution in [0.25, 0.3) is 10.8 Å². The zero-order valence-corrected chi connectivity index (χ0v) is 12.8. The second-order valence-electron chi connectivity index (χ2n) is 6.19. The molecular weight excluding hydrogens is 284 g/mol. The number of nitrogen functional groups attached to an aromatic ring is 1. The Labute approximate surface area is 135 Å². The molecular formula is C20H18N2O. The van der Waals surface area contributed by atoms with Gasteiger partial charge in [-0.1, -0.05) is 48.5 Å². The maximum atomic E-state index is 12.6. The Hall–Kier alpha value is -2.81. The average molecular weight is 302 g/mol. The van der Waals surface area contributed by atoms with Gasteiger partial charge in [-0.05, 0) is 47.4 Å². The van der Waals surface area contributed by atoms with Crippen molar-refractivity contribution < 1.29 is 4.79 Å². The first kappa shape index (κ1) is 13.8. The van der Waals surface area contributed by atoms with Crippen LogP contribution in [0.1, 0.15) is 28.8 Å². The minimum atomic E-state index is -0.247. The number of rotatable bonds is 3. The van der Waals surface area contributed by atoms with Gasteiger partial charge in [0.15, 0.2) is 0 Å². The van der Waals surface area contributed by atoms with Gasteiger partial charge in [0.05, 0.1) is 5.54 Å². The van der Waals surface area contributed by atoms with Gasteiger partial charge in [-0.25, -0.2) is 0 Å². The van der Waals surface area contributed by atoms with E-state index in [1.54, 1.807) is 18.2 Å². The predicted molar refractivity (Wildman–Crippen MR) is 93.2 cm³/mol. The SMILES string of the molecule is Nc1cccc(C(=O)NC2(c3cccc4ccccc34)CC2)c1. The Morgan fingerprint density at radius 3 is 2.48 bits per heavy atom. The summed E-state index contributed by atoms with van der Waals surface area (Å²) in [5.74, 6) is -0.0669. The third-order valence-electron chi connectivity index (χ3n) is 4.56. The molecule has 0 aromatic heterocycles. The zero-order valence-electron chi connectivity index (χ0n) is 12.8. The molecule has 1 fully saturated rings. The molecule has 1 saturated carbocycles. The number of nitrogens with one attached hydrogen (secondary N) is 1. The van der Waals surface area contributed by atoms with E-state index in [-0.39, 0.29) is 11.4 Å². The van der Waals surface area contributed by atoms with E-state index in [0.717, 1.165) is 12.8 Å². The number of hydrogen-bond acceptors (Lipinski definition) is 2. The van der Waals surface area contributed by atoms with Crippen LogP contribution in [0, 0.1) is 0 Å². The third-order valence-corrected chi connectivity index (χ3v) is 4.56. The molecule has 0 unspecified atom stereocenters. The maximum absolute atomic E-state index is 12.6. The Morgan fingerprint density at radius 1 is 0.957 bits per heavy atom. The maximum Gasteiger partial charge on any atom is 0.252 e. The van der Waals surface area contributed by atoms with Crippen LogP contribution < -0.4 is 11.1 Å². The van der Waals surface area contributed by atoms with E-state index in [2.05, 4.69) is 35.6 Å². The van der Waals surface area contributed by atoms with Crippen LogP contribution in [0.4, 0.5) is 5.69 Å². The summed E-state index contributed by atoms with van der Waals surface area (Å²) in [5, 5.41) is 5.64. The number of fused-ring (bicyclic) bond motifs is 1. The minimum Gasteiger partial charge on any atom is -0.399 e. The largest absolute Gasteiger partial charge is 0.399 e. The molecule has 23 heavy (non-hydrogen) atoms. The van der Waals surface area contributed by atoms with Crippen molar-refractivity contribution in [1.29, 1.82) is 0 Å². The number of nitrogens with two attached hydrogens (primary N) is 1. The van der Waals surface area contributed by atoms with Crippen LogP contribution in [0.2, 0.25) is 0 Å². The molecule has 3 N–H and O–H groups in total. The fraction of sp³-hybridized carbons (Fsp3) is 0.150. The lowest BCUT2D eigenvalue weighted by molar-refractivity contribution is 0.0931. The fourth-order valence-corrected chi connectivity index (χ4v) is 3.20. The molecule has 3 heteroatoms. The minimum absolute atomic E-state index is 0.0669. The van der Waals surface area contributed by atoms with Crippen molar-refractivity contribution in [2.45, 2.75) is 18.4 Å². The highest BCUT2D eigenvalue weighted by atomic mass is 16.1. The van der Waals surface area contributed by atoms with Crippen LogP contribution >= 0.6 is 0 Å². The van der Waals surface area contributed by atoms with Crippen LogP contribution in [-0.4, -0.2) is 5.91 Å². The molecule has 1 aliphatic carbocycles. The van der Waals surface area contributed by atoms with E-state index in [1.165, 1.54) is 16.3 Å². The Bertz CT molecular complexity index is 892. The normalized spacial score (nSPS) is 15.3. The van der Waals surface area contributed by atoms with Gasteiger partial charge >= 0.3 is 0 Å². The molecule has 0 spiro atoms. The summed E-state index contributed by atoms with van der Waals surface area (Å²) >= 11 is 0. The number of carbonyl (C=O) groups excluding carboxylic acids is 1. The number of anilines is 1. The first-order valence-corrected chi connectivity index (χ1v) is 7.84. The monoisotopic (exact) mass is 302 g/mol. The molecule has 0 aliphatic heterocycles. The van der Waals surface area contributed by atoms with E-state index in [0.29, 0.717) is 11.3 Å². The first-order valence-electron chi connectivity index (χ1n) is 7.84. The van der Waals surface area contributed by atoms with E-state index < -0.39 is 0 Å². The number of hydrogen-bond donors (Lipinski definition) is 2. The molecule has 0 radical (unpaired) electrons. The summed E-state index contributed by atoms with van der Waals surface area (Å²) in [6.07, 6.45) is 1.93. The van der Waals surface area contributed by atoms with Crippen LogP contribution in [0.5, 0.6) is 0 Å². The average Bonchev–Trinajstić information content (AvgIpc) is 3.35. The molecule has 0 heterocycles. The number of amides is 1. The van der Waals surface area contributed by atoms with E-state index >= 15 is 0 Å². The fourth-order valence-electron chi connectivity index (χ4n) is 3.20. The highest BCUT2D eigenvalue weighted by molar-refractivity contribution is 5.96. The Balaban J connectivity index is 1.69. The van der Waals surface area contributed by atoms with Crippen molar-refractivity contribution >= 4 is 22.4 Å². The van der Waals surface area contributed by atoms with Crippen molar-refractivity contribution in [2.24, 2.45) is 0 Å². The third kappa shape index (κ3) is 2.44. The summed E-state index contributed by atoms with van der Waals surface area (Å²) in [4.78, 5) is 12.6. The van der Waals surface area contributed by atoms with Gasteiger partial charge in [-0.2, -0.15) is 0 Å². The zero-order chi connectivity index (χ0) is 15.9. The smallest absolute Gasteiger partial charge is 0.252 e. The van der Waals surface area contributed by atoms with E-state index in [4.69, 9.17) is 5.73 Å². The molecule has 3 nitrogen and oxygen atoms in total. The van der Waals surface area contributed by atoms with Crippen molar-refractivity contribution in [2.75, 3.05) is 5.73 Å². The number of benzene rings is 3. The van der Waals surface area contributed by atoms with Gasteiger partial charge in [0.25, 0.3) is 5.91 Å². The summed E-state index contributed by atoms with van der Waals surface area (Å²) in [5.41, 5.74) is 7.95. The van der Waals surface area contributed by atoms with Gasteiger partial charge in [0.1, 0.15) is 0 Å². The topological polar surface area (TPSA) is 55.1 Å². The second-order valence-corrected chi connectivity index (χ2v) is 6.19. The summed E-state index contributed by atoms with van der Waals surface area (Å²) < 4.78 is 0. The molecule has 114 valence electrons. The lowest BCUT2D eigenvalue weighted by atomic mass is 9.96. The predicted octanol–water partition coefficient (Wildman–Crippen LogP) is 3.84. The standard InChI is InChI=1S/C20H18N2O/c21-16-8-3-7-15(13-16)19(23)22-20(11-12-20)18-10-4-6-14-5-1-2-9-17(14)18/h1-10,13H,11-12,21H2,(H,22,23). The molecule has 0 bridgehead atoms. The molecule has 1 amide bonds. The number of carbonyl (C=O) groups is 1. The van der Waals surface area contributed by atoms with Crippen molar-refractivity contribution in [1.82, 2.24) is 5.32 Å². The van der Waals surface area contributed by atoms with Crippen molar-refractivity contribution in [3.05, 3.63) is 77.9 Å². The van der Waals surface area contributed by atoms with Crippen LogP contribution in [-0.2, 0) is 5.54 Å². The highest BCUT2D eigenvalue weighted by Crippen LogP contribution is 2.48. The quantitative estimate of drug-likeness (QED) is 0.722. The molecule has 0 saturated heterocycles. The van der Waals surface area contributed by atoms with Crippen molar-refractivity contribution in [3.8, 4) is 0 Å². The van der Waals surface area contributed by atoms with Crippen LogP contribution in [0.15, 0.2) is 66.7 Å². The Morgan fingerprint density at radius 2 is 1.70 bits per heavy atom. The first-order chi connectivity index (χ1) is 11.2. The molecule has 3 aromatic rings. The van der Waals surface area contributed by atoms with Crippen molar-refractivity contribution in [3.63, 3.8) is 0 Å². The molecule has 0 atom stereocenters.